The lowest BCUT2D eigenvalue weighted by Gasteiger charge is -1.97. The van der Waals surface area contributed by atoms with Gasteiger partial charge in [0, 0.05) is 22.8 Å². The van der Waals surface area contributed by atoms with E-state index in [4.69, 9.17) is 0 Å². The van der Waals surface area contributed by atoms with Gasteiger partial charge in [0.2, 0.25) is 0 Å². The van der Waals surface area contributed by atoms with Crippen LogP contribution in [0.5, 0.6) is 0 Å². The van der Waals surface area contributed by atoms with Crippen LogP contribution in [0.4, 0.5) is 5.69 Å². The van der Waals surface area contributed by atoms with Crippen molar-refractivity contribution < 1.29 is 4.92 Å². The molecule has 0 aromatic heterocycles. The average Bonchev–Trinajstić information content (AvgIpc) is 2.41. The molecular weight excluding hydrogens is 308 g/mol. The predicted octanol–water partition coefficient (Wildman–Crippen LogP) is 3.98. The van der Waals surface area contributed by atoms with Crippen LogP contribution in [0, 0.1) is 10.1 Å². The number of nitrogens with zero attached hydrogens (tertiary/aromatic N) is 2. The molecule has 5 heteroatoms. The minimum atomic E-state index is -0.408. The maximum Gasteiger partial charge on any atom is 0.269 e. The van der Waals surface area contributed by atoms with Crippen molar-refractivity contribution in [2.45, 2.75) is 6.54 Å². The highest BCUT2D eigenvalue weighted by Crippen LogP contribution is 2.13. The minimum Gasteiger partial charge on any atom is -0.288 e. The molecule has 0 spiro atoms. The molecule has 19 heavy (non-hydrogen) atoms. The smallest absolute Gasteiger partial charge is 0.269 e. The molecule has 2 aromatic rings. The quantitative estimate of drug-likeness (QED) is 0.486. The zero-order valence-corrected chi connectivity index (χ0v) is 11.6. The molecule has 0 aliphatic rings. The normalized spacial score (nSPS) is 10.8. The molecule has 0 aliphatic heterocycles. The number of aliphatic imine (C=N–C) groups is 1. The molecule has 2 aromatic carbocycles. The van der Waals surface area contributed by atoms with Crippen LogP contribution in [-0.4, -0.2) is 11.1 Å². The molecular formula is C14H11BrN2O2. The van der Waals surface area contributed by atoms with Gasteiger partial charge in [-0.3, -0.25) is 15.1 Å². The van der Waals surface area contributed by atoms with E-state index in [9.17, 15) is 10.1 Å². The Kier molecular flexibility index (Phi) is 4.41. The van der Waals surface area contributed by atoms with Gasteiger partial charge in [-0.2, -0.15) is 0 Å². The summed E-state index contributed by atoms with van der Waals surface area (Å²) < 4.78 is 1.03. The van der Waals surface area contributed by atoms with Crippen molar-refractivity contribution in [2.75, 3.05) is 0 Å². The van der Waals surface area contributed by atoms with Crippen molar-refractivity contribution in [3.8, 4) is 0 Å². The number of benzene rings is 2. The van der Waals surface area contributed by atoms with Gasteiger partial charge in [0.15, 0.2) is 0 Å². The minimum absolute atomic E-state index is 0.0978. The molecule has 0 N–H and O–H groups in total. The summed E-state index contributed by atoms with van der Waals surface area (Å²) in [7, 11) is 0. The number of hydrogen-bond acceptors (Lipinski definition) is 3. The summed E-state index contributed by atoms with van der Waals surface area (Å²) in [5, 5.41) is 10.5. The summed E-state index contributed by atoms with van der Waals surface area (Å²) in [4.78, 5) is 14.4. The molecule has 0 amide bonds. The summed E-state index contributed by atoms with van der Waals surface area (Å²) in [6.07, 6.45) is 1.79. The van der Waals surface area contributed by atoms with Crippen LogP contribution in [0.15, 0.2) is 58.0 Å². The van der Waals surface area contributed by atoms with Crippen LogP contribution in [0.25, 0.3) is 0 Å². The van der Waals surface area contributed by atoms with Crippen molar-refractivity contribution >= 4 is 27.8 Å². The van der Waals surface area contributed by atoms with Gasteiger partial charge >= 0.3 is 0 Å². The lowest BCUT2D eigenvalue weighted by atomic mass is 10.2. The van der Waals surface area contributed by atoms with Gasteiger partial charge < -0.3 is 0 Å². The van der Waals surface area contributed by atoms with Crippen LogP contribution in [-0.2, 0) is 6.54 Å². The van der Waals surface area contributed by atoms with E-state index < -0.39 is 4.92 Å². The third-order valence-electron chi connectivity index (χ3n) is 2.53. The van der Waals surface area contributed by atoms with Gasteiger partial charge in [-0.05, 0) is 23.3 Å². The number of nitro benzene ring substituents is 1. The molecule has 0 radical (unpaired) electrons. The molecule has 96 valence electrons. The Morgan fingerprint density at radius 1 is 1.11 bits per heavy atom. The fraction of sp³-hybridized carbons (Fsp3) is 0.0714. The molecule has 4 nitrogen and oxygen atoms in total. The maximum absolute atomic E-state index is 10.5. The number of halogens is 1. The Hall–Kier alpha value is -2.01. The first-order chi connectivity index (χ1) is 9.15. The van der Waals surface area contributed by atoms with Gasteiger partial charge in [0.05, 0.1) is 11.5 Å². The van der Waals surface area contributed by atoms with Gasteiger partial charge in [-0.15, -0.1) is 0 Å². The van der Waals surface area contributed by atoms with E-state index in [-0.39, 0.29) is 5.69 Å². The molecule has 0 fully saturated rings. The van der Waals surface area contributed by atoms with E-state index in [1.165, 1.54) is 12.1 Å². The van der Waals surface area contributed by atoms with Crippen LogP contribution < -0.4 is 0 Å². The van der Waals surface area contributed by atoms with Crippen LogP contribution in [0.1, 0.15) is 11.1 Å². The zero-order chi connectivity index (χ0) is 13.7. The molecule has 0 heterocycles. The average molecular weight is 319 g/mol. The molecule has 0 saturated carbocycles. The maximum atomic E-state index is 10.5. The van der Waals surface area contributed by atoms with Crippen LogP contribution >= 0.6 is 15.9 Å². The van der Waals surface area contributed by atoms with E-state index in [0.29, 0.717) is 6.54 Å². The highest BCUT2D eigenvalue weighted by atomic mass is 79.9. The van der Waals surface area contributed by atoms with E-state index in [2.05, 4.69) is 20.9 Å². The second kappa shape index (κ2) is 6.24. The van der Waals surface area contributed by atoms with Gasteiger partial charge in [-0.25, -0.2) is 0 Å². The second-order valence-electron chi connectivity index (χ2n) is 3.94. The summed E-state index contributed by atoms with van der Waals surface area (Å²) in [5.74, 6) is 0. The Morgan fingerprint density at radius 2 is 1.74 bits per heavy atom. The molecule has 0 unspecified atom stereocenters. The zero-order valence-electron chi connectivity index (χ0n) is 9.99. The topological polar surface area (TPSA) is 55.5 Å². The highest BCUT2D eigenvalue weighted by molar-refractivity contribution is 9.10. The fourth-order valence-electron chi connectivity index (χ4n) is 1.53. The van der Waals surface area contributed by atoms with E-state index >= 15 is 0 Å². The Bertz CT molecular complexity index is 592. The summed E-state index contributed by atoms with van der Waals surface area (Å²) >= 11 is 3.37. The monoisotopic (exact) mass is 318 g/mol. The lowest BCUT2D eigenvalue weighted by molar-refractivity contribution is -0.384. The third kappa shape index (κ3) is 3.99. The summed E-state index contributed by atoms with van der Waals surface area (Å²) in [6, 6.07) is 14.2. The largest absolute Gasteiger partial charge is 0.288 e. The van der Waals surface area contributed by atoms with E-state index in [0.717, 1.165) is 15.6 Å². The first-order valence-electron chi connectivity index (χ1n) is 5.64. The standard InChI is InChI=1S/C14H11BrN2O2/c15-13-5-1-11(2-6-13)9-16-10-12-3-7-14(8-4-12)17(18)19/h1-9H,10H2. The molecule has 0 bridgehead atoms. The Morgan fingerprint density at radius 3 is 2.32 bits per heavy atom. The van der Waals surface area contributed by atoms with Crippen molar-refractivity contribution in [3.05, 3.63) is 74.2 Å². The molecule has 0 saturated heterocycles. The number of non-ortho nitro benzene ring substituents is 1. The van der Waals surface area contributed by atoms with Crippen LogP contribution in [0.2, 0.25) is 0 Å². The highest BCUT2D eigenvalue weighted by Gasteiger charge is 2.02. The number of rotatable bonds is 4. The predicted molar refractivity (Wildman–Crippen MR) is 78.5 cm³/mol. The fourth-order valence-corrected chi connectivity index (χ4v) is 1.79. The van der Waals surface area contributed by atoms with Crippen molar-refractivity contribution in [1.29, 1.82) is 0 Å². The number of nitro groups is 1. The van der Waals surface area contributed by atoms with Gasteiger partial charge in [0.1, 0.15) is 0 Å². The Balaban J connectivity index is 1.98. The van der Waals surface area contributed by atoms with Gasteiger partial charge in [0.25, 0.3) is 5.69 Å². The third-order valence-corrected chi connectivity index (χ3v) is 3.06. The van der Waals surface area contributed by atoms with Gasteiger partial charge in [-0.1, -0.05) is 40.2 Å². The van der Waals surface area contributed by atoms with E-state index in [1.54, 1.807) is 18.3 Å². The summed E-state index contributed by atoms with van der Waals surface area (Å²) in [5.41, 5.74) is 2.06. The van der Waals surface area contributed by atoms with E-state index in [1.807, 2.05) is 24.3 Å². The number of hydrogen-bond donors (Lipinski definition) is 0. The molecule has 0 aliphatic carbocycles. The molecule has 2 rings (SSSR count). The first-order valence-corrected chi connectivity index (χ1v) is 6.43. The Labute approximate surface area is 119 Å². The van der Waals surface area contributed by atoms with Crippen molar-refractivity contribution in [3.63, 3.8) is 0 Å². The second-order valence-corrected chi connectivity index (χ2v) is 4.86. The molecule has 0 atom stereocenters. The SMILES string of the molecule is O=[N+]([O-])c1ccc(CN=Cc2ccc(Br)cc2)cc1. The summed E-state index contributed by atoms with van der Waals surface area (Å²) in [6.45, 7) is 0.508. The first kappa shape index (κ1) is 13.4. The van der Waals surface area contributed by atoms with Crippen molar-refractivity contribution in [2.24, 2.45) is 4.99 Å². The van der Waals surface area contributed by atoms with Crippen molar-refractivity contribution in [1.82, 2.24) is 0 Å². The van der Waals surface area contributed by atoms with Crippen LogP contribution in [0.3, 0.4) is 0 Å². The lowest BCUT2D eigenvalue weighted by Crippen LogP contribution is -1.89.